The molecule has 0 radical (unpaired) electrons. The minimum atomic E-state index is -0.788. The fourth-order valence-electron chi connectivity index (χ4n) is 3.20. The standard InChI is InChI=1S/C13H15NO3S/c15-11(9-3-1-6-18-9)14-10-8(12(16)17)7-13(10)4-2-5-13/h1,3,6,8,10H,2,4-5,7H2,(H,14,15)(H,16,17). The molecule has 2 unspecified atom stereocenters. The van der Waals surface area contributed by atoms with E-state index in [0.29, 0.717) is 4.88 Å². The predicted molar refractivity (Wildman–Crippen MR) is 67.6 cm³/mol. The van der Waals surface area contributed by atoms with Gasteiger partial charge in [0.15, 0.2) is 0 Å². The van der Waals surface area contributed by atoms with Gasteiger partial charge in [-0.25, -0.2) is 0 Å². The average molecular weight is 265 g/mol. The SMILES string of the molecule is O=C(NC1C(C(=O)O)CC12CCC2)c1cccs1. The molecule has 2 aliphatic rings. The van der Waals surface area contributed by atoms with E-state index in [4.69, 9.17) is 5.11 Å². The van der Waals surface area contributed by atoms with Crippen molar-refractivity contribution in [2.45, 2.75) is 31.7 Å². The Bertz CT molecular complexity index is 478. The first-order valence-corrected chi connectivity index (χ1v) is 7.07. The average Bonchev–Trinajstić information content (AvgIpc) is 2.74. The molecule has 2 aliphatic carbocycles. The van der Waals surface area contributed by atoms with Crippen LogP contribution in [0.3, 0.4) is 0 Å². The van der Waals surface area contributed by atoms with Crippen molar-refractivity contribution in [1.82, 2.24) is 5.32 Å². The highest BCUT2D eigenvalue weighted by molar-refractivity contribution is 7.12. The van der Waals surface area contributed by atoms with E-state index < -0.39 is 11.9 Å². The molecule has 2 saturated carbocycles. The second-order valence-corrected chi connectivity index (χ2v) is 6.24. The third-order valence-corrected chi connectivity index (χ3v) is 5.26. The second kappa shape index (κ2) is 4.09. The molecule has 0 aliphatic heterocycles. The first kappa shape index (κ1) is 11.7. The molecule has 5 heteroatoms. The maximum absolute atomic E-state index is 12.0. The van der Waals surface area contributed by atoms with Gasteiger partial charge in [0.05, 0.1) is 10.8 Å². The molecule has 0 saturated heterocycles. The second-order valence-electron chi connectivity index (χ2n) is 5.29. The fourth-order valence-corrected chi connectivity index (χ4v) is 3.83. The van der Waals surface area contributed by atoms with Crippen LogP contribution in [0.2, 0.25) is 0 Å². The lowest BCUT2D eigenvalue weighted by Crippen LogP contribution is -2.65. The van der Waals surface area contributed by atoms with Crippen molar-refractivity contribution >= 4 is 23.2 Å². The van der Waals surface area contributed by atoms with E-state index in [1.807, 2.05) is 11.4 Å². The van der Waals surface area contributed by atoms with Crippen LogP contribution in [0.1, 0.15) is 35.4 Å². The molecule has 1 amide bonds. The number of amides is 1. The van der Waals surface area contributed by atoms with Crippen LogP contribution in [0.15, 0.2) is 17.5 Å². The monoisotopic (exact) mass is 265 g/mol. The summed E-state index contributed by atoms with van der Waals surface area (Å²) in [5.74, 6) is -1.33. The number of hydrogen-bond donors (Lipinski definition) is 2. The van der Waals surface area contributed by atoms with E-state index in [-0.39, 0.29) is 17.4 Å². The Hall–Kier alpha value is -1.36. The first-order chi connectivity index (χ1) is 8.62. The number of nitrogens with one attached hydrogen (secondary N) is 1. The van der Waals surface area contributed by atoms with Gasteiger partial charge in [0.25, 0.3) is 5.91 Å². The third kappa shape index (κ3) is 1.65. The van der Waals surface area contributed by atoms with Gasteiger partial charge in [0.1, 0.15) is 0 Å². The number of carbonyl (C=O) groups is 2. The van der Waals surface area contributed by atoms with Gasteiger partial charge in [-0.1, -0.05) is 12.5 Å². The smallest absolute Gasteiger partial charge is 0.308 e. The molecule has 4 nitrogen and oxygen atoms in total. The molecule has 1 heterocycles. The summed E-state index contributed by atoms with van der Waals surface area (Å²) in [4.78, 5) is 23.8. The van der Waals surface area contributed by atoms with Gasteiger partial charge >= 0.3 is 5.97 Å². The Kier molecular flexibility index (Phi) is 2.66. The van der Waals surface area contributed by atoms with E-state index >= 15 is 0 Å². The normalized spacial score (nSPS) is 28.2. The Balaban J connectivity index is 1.73. The van der Waals surface area contributed by atoms with Crippen molar-refractivity contribution in [1.29, 1.82) is 0 Å². The van der Waals surface area contributed by atoms with Crippen molar-refractivity contribution in [3.05, 3.63) is 22.4 Å². The van der Waals surface area contributed by atoms with E-state index in [9.17, 15) is 9.59 Å². The van der Waals surface area contributed by atoms with Crippen molar-refractivity contribution in [3.8, 4) is 0 Å². The Labute approximate surface area is 109 Å². The van der Waals surface area contributed by atoms with Gasteiger partial charge in [-0.2, -0.15) is 0 Å². The molecule has 1 aromatic rings. The Morgan fingerprint density at radius 3 is 2.72 bits per heavy atom. The highest BCUT2D eigenvalue weighted by atomic mass is 32.1. The molecular formula is C13H15NO3S. The van der Waals surface area contributed by atoms with Crippen LogP contribution in [0.4, 0.5) is 0 Å². The van der Waals surface area contributed by atoms with Crippen molar-refractivity contribution in [2.75, 3.05) is 0 Å². The first-order valence-electron chi connectivity index (χ1n) is 6.20. The number of rotatable bonds is 3. The van der Waals surface area contributed by atoms with E-state index in [1.165, 1.54) is 11.3 Å². The van der Waals surface area contributed by atoms with Crippen LogP contribution >= 0.6 is 11.3 Å². The largest absolute Gasteiger partial charge is 0.481 e. The van der Waals surface area contributed by atoms with Crippen molar-refractivity contribution in [2.24, 2.45) is 11.3 Å². The fraction of sp³-hybridized carbons (Fsp3) is 0.538. The number of thiophene rings is 1. The minimum Gasteiger partial charge on any atom is -0.481 e. The summed E-state index contributed by atoms with van der Waals surface area (Å²) in [6, 6.07) is 3.41. The minimum absolute atomic E-state index is 0.0793. The maximum atomic E-state index is 12.0. The van der Waals surface area contributed by atoms with Crippen molar-refractivity contribution in [3.63, 3.8) is 0 Å². The van der Waals surface area contributed by atoms with E-state index in [1.54, 1.807) is 6.07 Å². The summed E-state index contributed by atoms with van der Waals surface area (Å²) in [6.45, 7) is 0. The lowest BCUT2D eigenvalue weighted by Gasteiger charge is -2.59. The summed E-state index contributed by atoms with van der Waals surface area (Å²) in [5, 5.41) is 13.9. The van der Waals surface area contributed by atoms with E-state index in [2.05, 4.69) is 5.32 Å². The summed E-state index contributed by atoms with van der Waals surface area (Å²) in [5.41, 5.74) is 0.0793. The molecule has 96 valence electrons. The van der Waals surface area contributed by atoms with Crippen molar-refractivity contribution < 1.29 is 14.7 Å². The molecule has 18 heavy (non-hydrogen) atoms. The number of aliphatic carboxylic acids is 1. The van der Waals surface area contributed by atoms with Crippen LogP contribution in [0.25, 0.3) is 0 Å². The van der Waals surface area contributed by atoms with Crippen LogP contribution in [-0.2, 0) is 4.79 Å². The number of carboxylic acids is 1. The zero-order valence-corrected chi connectivity index (χ0v) is 10.7. The molecule has 1 spiro atoms. The Morgan fingerprint density at radius 1 is 1.44 bits per heavy atom. The van der Waals surface area contributed by atoms with Gasteiger partial charge in [-0.15, -0.1) is 11.3 Å². The topological polar surface area (TPSA) is 66.4 Å². The molecule has 0 bridgehead atoms. The van der Waals surface area contributed by atoms with Crippen LogP contribution in [0, 0.1) is 11.3 Å². The molecule has 3 rings (SSSR count). The third-order valence-electron chi connectivity index (χ3n) is 4.39. The summed E-state index contributed by atoms with van der Waals surface area (Å²) in [7, 11) is 0. The van der Waals surface area contributed by atoms with Gasteiger partial charge in [0.2, 0.25) is 0 Å². The zero-order valence-electron chi connectivity index (χ0n) is 9.89. The Morgan fingerprint density at radius 2 is 2.22 bits per heavy atom. The van der Waals surface area contributed by atoms with Crippen LogP contribution < -0.4 is 5.32 Å². The molecule has 2 atom stereocenters. The highest BCUT2D eigenvalue weighted by Crippen LogP contribution is 2.58. The van der Waals surface area contributed by atoms with E-state index in [0.717, 1.165) is 25.7 Å². The summed E-state index contributed by atoms with van der Waals surface area (Å²) in [6.07, 6.45) is 3.97. The van der Waals surface area contributed by atoms with Crippen LogP contribution in [0.5, 0.6) is 0 Å². The quantitative estimate of drug-likeness (QED) is 0.879. The highest BCUT2D eigenvalue weighted by Gasteiger charge is 2.59. The molecule has 0 aromatic carbocycles. The molecule has 2 fully saturated rings. The van der Waals surface area contributed by atoms with Gasteiger partial charge in [-0.05, 0) is 36.1 Å². The number of carbonyl (C=O) groups excluding carboxylic acids is 1. The number of carboxylic acid groups (broad SMARTS) is 1. The molecular weight excluding hydrogens is 250 g/mol. The summed E-state index contributed by atoms with van der Waals surface area (Å²) >= 11 is 1.38. The maximum Gasteiger partial charge on any atom is 0.308 e. The predicted octanol–water partition coefficient (Wildman–Crippen LogP) is 2.12. The molecule has 2 N–H and O–H groups in total. The number of hydrogen-bond acceptors (Lipinski definition) is 3. The van der Waals surface area contributed by atoms with Gasteiger partial charge in [0, 0.05) is 6.04 Å². The lowest BCUT2D eigenvalue weighted by molar-refractivity contribution is -0.159. The molecule has 1 aromatic heterocycles. The summed E-state index contributed by atoms with van der Waals surface area (Å²) < 4.78 is 0. The van der Waals surface area contributed by atoms with Gasteiger partial charge < -0.3 is 10.4 Å². The zero-order chi connectivity index (χ0) is 12.8. The lowest BCUT2D eigenvalue weighted by atomic mass is 9.48. The van der Waals surface area contributed by atoms with Gasteiger partial charge in [-0.3, -0.25) is 9.59 Å². The van der Waals surface area contributed by atoms with Crippen LogP contribution in [-0.4, -0.2) is 23.0 Å².